The zero-order valence-corrected chi connectivity index (χ0v) is 15.6. The van der Waals surface area contributed by atoms with Gasteiger partial charge in [-0.05, 0) is 31.5 Å². The quantitative estimate of drug-likeness (QED) is 0.682. The standard InChI is InChI=1S/C21H20N4O3/c1-21(2)11-15-18(20(27)24-21)17(13-6-4-3-5-7-13)19(25(15)28-12-26)14-8-9-23-16(22)10-14/h3-10,12H,11H2,1-2H3,(H2,22,23)(H,24,27). The van der Waals surface area contributed by atoms with Gasteiger partial charge in [0.1, 0.15) is 5.82 Å². The number of benzene rings is 1. The van der Waals surface area contributed by atoms with Gasteiger partial charge in [0.15, 0.2) is 0 Å². The van der Waals surface area contributed by atoms with E-state index in [9.17, 15) is 9.59 Å². The second kappa shape index (κ2) is 6.53. The highest BCUT2D eigenvalue weighted by Gasteiger charge is 2.38. The van der Waals surface area contributed by atoms with E-state index in [0.717, 1.165) is 5.56 Å². The Labute approximate surface area is 162 Å². The zero-order valence-electron chi connectivity index (χ0n) is 15.6. The van der Waals surface area contributed by atoms with Gasteiger partial charge in [0.25, 0.3) is 5.91 Å². The van der Waals surface area contributed by atoms with Gasteiger partial charge < -0.3 is 15.9 Å². The topological polar surface area (TPSA) is 99.2 Å². The smallest absolute Gasteiger partial charge is 0.321 e. The van der Waals surface area contributed by atoms with Crippen molar-refractivity contribution >= 4 is 18.2 Å². The Balaban J connectivity index is 2.11. The molecule has 1 amide bonds. The van der Waals surface area contributed by atoms with Crippen molar-refractivity contribution in [3.63, 3.8) is 0 Å². The van der Waals surface area contributed by atoms with Crippen LogP contribution in [0.1, 0.15) is 29.9 Å². The molecule has 7 heteroatoms. The van der Waals surface area contributed by atoms with E-state index in [1.54, 1.807) is 18.3 Å². The van der Waals surface area contributed by atoms with Crippen LogP contribution in [0.25, 0.3) is 22.4 Å². The third-order valence-corrected chi connectivity index (χ3v) is 4.78. The average molecular weight is 376 g/mol. The fourth-order valence-electron chi connectivity index (χ4n) is 3.74. The number of rotatable bonds is 4. The minimum atomic E-state index is -0.477. The maximum absolute atomic E-state index is 13.1. The lowest BCUT2D eigenvalue weighted by Gasteiger charge is -2.31. The van der Waals surface area contributed by atoms with Gasteiger partial charge in [0.05, 0.1) is 17.0 Å². The molecule has 0 saturated heterocycles. The molecule has 1 aliphatic heterocycles. The Morgan fingerprint density at radius 2 is 1.93 bits per heavy atom. The first kappa shape index (κ1) is 17.8. The Morgan fingerprint density at radius 1 is 1.18 bits per heavy atom. The molecule has 0 atom stereocenters. The fraction of sp³-hybridized carbons (Fsp3) is 0.190. The summed E-state index contributed by atoms with van der Waals surface area (Å²) in [6.45, 7) is 4.22. The van der Waals surface area contributed by atoms with Crippen molar-refractivity contribution < 1.29 is 14.4 Å². The summed E-state index contributed by atoms with van der Waals surface area (Å²) in [5.41, 5.74) is 9.38. The van der Waals surface area contributed by atoms with E-state index in [-0.39, 0.29) is 5.91 Å². The molecular formula is C21H20N4O3. The van der Waals surface area contributed by atoms with Gasteiger partial charge in [-0.15, -0.1) is 0 Å². The van der Waals surface area contributed by atoms with Crippen molar-refractivity contribution in [2.75, 3.05) is 5.73 Å². The van der Waals surface area contributed by atoms with Crippen LogP contribution < -0.4 is 15.9 Å². The van der Waals surface area contributed by atoms with Crippen molar-refractivity contribution in [3.8, 4) is 22.4 Å². The van der Waals surface area contributed by atoms with Gasteiger partial charge in [0.2, 0.25) is 0 Å². The first-order valence-electron chi connectivity index (χ1n) is 8.89. The normalized spacial score (nSPS) is 14.9. The monoisotopic (exact) mass is 376 g/mol. The van der Waals surface area contributed by atoms with Gasteiger partial charge >= 0.3 is 6.47 Å². The molecule has 1 aromatic carbocycles. The number of hydrogen-bond acceptors (Lipinski definition) is 5. The van der Waals surface area contributed by atoms with Gasteiger partial charge in [-0.3, -0.25) is 9.59 Å². The predicted molar refractivity (Wildman–Crippen MR) is 105 cm³/mol. The highest BCUT2D eigenvalue weighted by molar-refractivity contribution is 6.07. The molecule has 28 heavy (non-hydrogen) atoms. The molecule has 4 rings (SSSR count). The average Bonchev–Trinajstić information content (AvgIpc) is 2.96. The molecule has 2 aromatic heterocycles. The van der Waals surface area contributed by atoms with Gasteiger partial charge in [-0.2, -0.15) is 4.73 Å². The van der Waals surface area contributed by atoms with Crippen LogP contribution in [-0.2, 0) is 11.2 Å². The molecule has 1 aliphatic rings. The predicted octanol–water partition coefficient (Wildman–Crippen LogP) is 2.45. The number of amides is 1. The number of hydrogen-bond donors (Lipinski definition) is 2. The second-order valence-electron chi connectivity index (χ2n) is 7.39. The molecule has 0 radical (unpaired) electrons. The molecule has 142 valence electrons. The number of nitrogens with two attached hydrogens (primary N) is 1. The minimum Gasteiger partial charge on any atom is -0.384 e. The van der Waals surface area contributed by atoms with E-state index in [4.69, 9.17) is 10.6 Å². The molecule has 3 aromatic rings. The van der Waals surface area contributed by atoms with E-state index in [1.165, 1.54) is 4.73 Å². The lowest BCUT2D eigenvalue weighted by molar-refractivity contribution is -0.129. The summed E-state index contributed by atoms with van der Waals surface area (Å²) < 4.78 is 1.44. The molecular weight excluding hydrogens is 356 g/mol. The summed E-state index contributed by atoms with van der Waals surface area (Å²) >= 11 is 0. The summed E-state index contributed by atoms with van der Waals surface area (Å²) in [5, 5.41) is 3.03. The van der Waals surface area contributed by atoms with Crippen LogP contribution >= 0.6 is 0 Å². The minimum absolute atomic E-state index is 0.207. The zero-order chi connectivity index (χ0) is 19.9. The molecule has 0 fully saturated rings. The fourth-order valence-corrected chi connectivity index (χ4v) is 3.74. The molecule has 3 heterocycles. The third-order valence-electron chi connectivity index (χ3n) is 4.78. The van der Waals surface area contributed by atoms with Crippen molar-refractivity contribution in [1.82, 2.24) is 15.0 Å². The van der Waals surface area contributed by atoms with Gasteiger partial charge in [-0.1, -0.05) is 30.3 Å². The van der Waals surface area contributed by atoms with Gasteiger partial charge in [0, 0.05) is 29.3 Å². The van der Waals surface area contributed by atoms with E-state index in [2.05, 4.69) is 10.3 Å². The maximum atomic E-state index is 13.1. The lowest BCUT2D eigenvalue weighted by atomic mass is 9.88. The van der Waals surface area contributed by atoms with Crippen LogP contribution in [0.2, 0.25) is 0 Å². The Morgan fingerprint density at radius 3 is 2.61 bits per heavy atom. The molecule has 0 saturated carbocycles. The number of aromatic nitrogens is 2. The number of carbonyl (C=O) groups is 2. The number of nitrogens with one attached hydrogen (secondary N) is 1. The van der Waals surface area contributed by atoms with Crippen LogP contribution in [0.5, 0.6) is 0 Å². The number of anilines is 1. The van der Waals surface area contributed by atoms with Crippen molar-refractivity contribution in [3.05, 3.63) is 59.9 Å². The SMILES string of the molecule is CC1(C)Cc2c(c(-c3ccccc3)c(-c3ccnc(N)c3)n2OC=O)C(=O)N1. The first-order valence-corrected chi connectivity index (χ1v) is 8.89. The number of nitrogens with zero attached hydrogens (tertiary/aromatic N) is 2. The summed E-state index contributed by atoms with van der Waals surface area (Å²) in [6, 6.07) is 13.0. The van der Waals surface area contributed by atoms with E-state index in [1.807, 2.05) is 44.2 Å². The maximum Gasteiger partial charge on any atom is 0.321 e. The summed E-state index contributed by atoms with van der Waals surface area (Å²) in [4.78, 5) is 33.8. The van der Waals surface area contributed by atoms with Crippen LogP contribution in [-0.4, -0.2) is 27.6 Å². The van der Waals surface area contributed by atoms with Crippen molar-refractivity contribution in [2.24, 2.45) is 0 Å². The first-order chi connectivity index (χ1) is 13.4. The van der Waals surface area contributed by atoms with Crippen LogP contribution in [0.15, 0.2) is 48.7 Å². The number of nitrogen functional groups attached to an aromatic ring is 1. The summed E-state index contributed by atoms with van der Waals surface area (Å²) in [6.07, 6.45) is 2.09. The molecule has 0 unspecified atom stereocenters. The summed E-state index contributed by atoms with van der Waals surface area (Å²) in [7, 11) is 0. The van der Waals surface area contributed by atoms with Gasteiger partial charge in [-0.25, -0.2) is 4.98 Å². The largest absolute Gasteiger partial charge is 0.384 e. The molecule has 7 nitrogen and oxygen atoms in total. The van der Waals surface area contributed by atoms with Crippen LogP contribution in [0.4, 0.5) is 5.82 Å². The van der Waals surface area contributed by atoms with Crippen molar-refractivity contribution in [2.45, 2.75) is 25.8 Å². The third kappa shape index (κ3) is 2.90. The number of fused-ring (bicyclic) bond motifs is 1. The van der Waals surface area contributed by atoms with E-state index in [0.29, 0.717) is 46.8 Å². The highest BCUT2D eigenvalue weighted by atomic mass is 16.7. The Kier molecular flexibility index (Phi) is 4.15. The summed E-state index contributed by atoms with van der Waals surface area (Å²) in [5.74, 6) is 0.125. The molecule has 0 aliphatic carbocycles. The number of carbonyl (C=O) groups excluding carboxylic acids is 2. The Bertz CT molecular complexity index is 1070. The lowest BCUT2D eigenvalue weighted by Crippen LogP contribution is -2.49. The molecule has 0 bridgehead atoms. The molecule has 3 N–H and O–H groups in total. The molecule has 0 spiro atoms. The van der Waals surface area contributed by atoms with Crippen molar-refractivity contribution in [1.29, 1.82) is 0 Å². The highest BCUT2D eigenvalue weighted by Crippen LogP contribution is 2.41. The Hall–Kier alpha value is -3.61. The second-order valence-corrected chi connectivity index (χ2v) is 7.39. The van der Waals surface area contributed by atoms with E-state index < -0.39 is 5.54 Å². The number of pyridine rings is 1. The van der Waals surface area contributed by atoms with Crippen LogP contribution in [0, 0.1) is 0 Å². The van der Waals surface area contributed by atoms with Crippen LogP contribution in [0.3, 0.4) is 0 Å². The van der Waals surface area contributed by atoms with E-state index >= 15 is 0 Å².